The molecule has 0 unspecified atom stereocenters. The van der Waals surface area contributed by atoms with E-state index in [1.807, 2.05) is 6.92 Å². The Bertz CT molecular complexity index is 746. The molecule has 0 saturated carbocycles. The number of rotatable bonds is 3. The first-order valence-corrected chi connectivity index (χ1v) is 7.55. The first-order chi connectivity index (χ1) is 10.6. The standard InChI is InChI=1S/C17H14F3NOS/c1-11-9-12(10-21)3-8-15(11)23-14-6-4-13(5-7-14)16(2,22)17(18,19)20/h3-9,22H,1-2H3/t16-/m0/s1. The fraction of sp³-hybridized carbons (Fsp3) is 0.235. The van der Waals surface area contributed by atoms with Crippen molar-refractivity contribution in [1.29, 1.82) is 5.26 Å². The largest absolute Gasteiger partial charge is 0.421 e. The summed E-state index contributed by atoms with van der Waals surface area (Å²) in [4.78, 5) is 1.67. The predicted octanol–water partition coefficient (Wildman–Crippen LogP) is 4.79. The number of hydrogen-bond acceptors (Lipinski definition) is 3. The lowest BCUT2D eigenvalue weighted by atomic mass is 9.96. The van der Waals surface area contributed by atoms with Gasteiger partial charge in [-0.15, -0.1) is 0 Å². The van der Waals surface area contributed by atoms with E-state index in [2.05, 4.69) is 6.07 Å². The van der Waals surface area contributed by atoms with E-state index in [1.165, 1.54) is 36.0 Å². The molecule has 0 aromatic heterocycles. The number of hydrogen-bond donors (Lipinski definition) is 1. The molecular formula is C17H14F3NOS. The SMILES string of the molecule is Cc1cc(C#N)ccc1Sc1ccc([C@](C)(O)C(F)(F)F)cc1. The molecule has 120 valence electrons. The van der Waals surface area contributed by atoms with Crippen LogP contribution < -0.4 is 0 Å². The monoisotopic (exact) mass is 337 g/mol. The van der Waals surface area contributed by atoms with Gasteiger partial charge in [-0.05, 0) is 55.3 Å². The Balaban J connectivity index is 2.23. The summed E-state index contributed by atoms with van der Waals surface area (Å²) in [5, 5.41) is 18.5. The molecule has 0 aliphatic rings. The maximum absolute atomic E-state index is 12.8. The van der Waals surface area contributed by atoms with Crippen molar-refractivity contribution in [3.63, 3.8) is 0 Å². The Morgan fingerprint density at radius 1 is 1.09 bits per heavy atom. The maximum Gasteiger partial charge on any atom is 0.421 e. The van der Waals surface area contributed by atoms with Crippen LogP contribution in [0.25, 0.3) is 0 Å². The van der Waals surface area contributed by atoms with Crippen molar-refractivity contribution >= 4 is 11.8 Å². The van der Waals surface area contributed by atoms with E-state index in [0.717, 1.165) is 22.3 Å². The van der Waals surface area contributed by atoms with Crippen molar-refractivity contribution in [2.45, 2.75) is 35.4 Å². The number of benzene rings is 2. The lowest BCUT2D eigenvalue weighted by molar-refractivity contribution is -0.258. The molecule has 0 amide bonds. The van der Waals surface area contributed by atoms with Crippen LogP contribution in [0.4, 0.5) is 13.2 Å². The summed E-state index contributed by atoms with van der Waals surface area (Å²) in [7, 11) is 0. The Hall–Kier alpha value is -1.97. The van der Waals surface area contributed by atoms with Crippen molar-refractivity contribution in [2.24, 2.45) is 0 Å². The highest BCUT2D eigenvalue weighted by molar-refractivity contribution is 7.99. The molecule has 23 heavy (non-hydrogen) atoms. The van der Waals surface area contributed by atoms with Gasteiger partial charge in [-0.25, -0.2) is 0 Å². The molecule has 0 aliphatic carbocycles. The zero-order chi connectivity index (χ0) is 17.3. The van der Waals surface area contributed by atoms with Gasteiger partial charge in [0.15, 0.2) is 5.60 Å². The summed E-state index contributed by atoms with van der Waals surface area (Å²) in [6, 6.07) is 12.9. The van der Waals surface area contributed by atoms with E-state index in [-0.39, 0.29) is 5.56 Å². The second-order valence-corrected chi connectivity index (χ2v) is 6.40. The molecule has 2 aromatic rings. The zero-order valence-electron chi connectivity index (χ0n) is 12.5. The van der Waals surface area contributed by atoms with E-state index in [1.54, 1.807) is 18.2 Å². The van der Waals surface area contributed by atoms with E-state index in [0.29, 0.717) is 5.56 Å². The van der Waals surface area contributed by atoms with Gasteiger partial charge in [-0.1, -0.05) is 23.9 Å². The van der Waals surface area contributed by atoms with Crippen LogP contribution in [0, 0.1) is 18.3 Å². The molecule has 2 rings (SSSR count). The molecule has 6 heteroatoms. The van der Waals surface area contributed by atoms with Crippen LogP contribution in [0.2, 0.25) is 0 Å². The molecule has 0 heterocycles. The summed E-state index contributed by atoms with van der Waals surface area (Å²) in [6.45, 7) is 2.60. The van der Waals surface area contributed by atoms with E-state index in [4.69, 9.17) is 5.26 Å². The second kappa shape index (κ2) is 6.26. The van der Waals surface area contributed by atoms with Crippen LogP contribution in [0.5, 0.6) is 0 Å². The third kappa shape index (κ3) is 3.69. The van der Waals surface area contributed by atoms with Crippen LogP contribution in [0.1, 0.15) is 23.6 Å². The molecule has 1 N–H and O–H groups in total. The predicted molar refractivity (Wildman–Crippen MR) is 82.1 cm³/mol. The number of aryl methyl sites for hydroxylation is 1. The highest BCUT2D eigenvalue weighted by atomic mass is 32.2. The van der Waals surface area contributed by atoms with Gasteiger partial charge in [-0.3, -0.25) is 0 Å². The fourth-order valence-electron chi connectivity index (χ4n) is 1.97. The van der Waals surface area contributed by atoms with E-state index in [9.17, 15) is 18.3 Å². The number of aliphatic hydroxyl groups is 1. The van der Waals surface area contributed by atoms with Crippen LogP contribution >= 0.6 is 11.8 Å². The second-order valence-electron chi connectivity index (χ2n) is 5.29. The van der Waals surface area contributed by atoms with E-state index < -0.39 is 11.8 Å². The first-order valence-electron chi connectivity index (χ1n) is 6.73. The first kappa shape index (κ1) is 17.4. The molecule has 0 saturated heterocycles. The van der Waals surface area contributed by atoms with Gasteiger partial charge < -0.3 is 5.11 Å². The minimum Gasteiger partial charge on any atom is -0.376 e. The van der Waals surface area contributed by atoms with Gasteiger partial charge in [0.25, 0.3) is 0 Å². The molecule has 0 bridgehead atoms. The molecule has 1 atom stereocenters. The Morgan fingerprint density at radius 2 is 1.70 bits per heavy atom. The van der Waals surface area contributed by atoms with Gasteiger partial charge in [-0.2, -0.15) is 18.4 Å². The van der Waals surface area contributed by atoms with Gasteiger partial charge in [0.1, 0.15) is 0 Å². The molecule has 2 nitrogen and oxygen atoms in total. The minimum atomic E-state index is -4.73. The molecule has 0 aliphatic heterocycles. The highest BCUT2D eigenvalue weighted by Crippen LogP contribution is 2.39. The minimum absolute atomic E-state index is 0.203. The summed E-state index contributed by atoms with van der Waals surface area (Å²) in [5.74, 6) is 0. The number of alkyl halides is 3. The van der Waals surface area contributed by atoms with Gasteiger partial charge in [0.05, 0.1) is 11.6 Å². The number of nitriles is 1. The Kier molecular flexibility index (Phi) is 4.73. The Labute approximate surface area is 136 Å². The normalized spacial score (nSPS) is 14.1. The Morgan fingerprint density at radius 3 is 2.17 bits per heavy atom. The number of nitrogens with zero attached hydrogens (tertiary/aromatic N) is 1. The molecule has 2 aromatic carbocycles. The van der Waals surface area contributed by atoms with Gasteiger partial charge in [0, 0.05) is 9.79 Å². The molecule has 0 spiro atoms. The zero-order valence-corrected chi connectivity index (χ0v) is 13.3. The summed E-state index contributed by atoms with van der Waals surface area (Å²) < 4.78 is 38.4. The molecule has 0 radical (unpaired) electrons. The number of halogens is 3. The van der Waals surface area contributed by atoms with Crippen molar-refractivity contribution < 1.29 is 18.3 Å². The van der Waals surface area contributed by atoms with E-state index >= 15 is 0 Å². The highest BCUT2D eigenvalue weighted by Gasteiger charge is 2.51. The third-order valence-corrected chi connectivity index (χ3v) is 4.69. The average molecular weight is 337 g/mol. The summed E-state index contributed by atoms with van der Waals surface area (Å²) in [6.07, 6.45) is -4.73. The van der Waals surface area contributed by atoms with Crippen molar-refractivity contribution in [2.75, 3.05) is 0 Å². The van der Waals surface area contributed by atoms with Crippen LogP contribution in [0.15, 0.2) is 52.3 Å². The average Bonchev–Trinajstić information content (AvgIpc) is 2.48. The van der Waals surface area contributed by atoms with Gasteiger partial charge in [0.2, 0.25) is 0 Å². The lowest BCUT2D eigenvalue weighted by Gasteiger charge is -2.26. The van der Waals surface area contributed by atoms with Crippen molar-refractivity contribution in [3.05, 3.63) is 59.2 Å². The third-order valence-electron chi connectivity index (χ3n) is 3.50. The fourth-order valence-corrected chi connectivity index (χ4v) is 2.85. The van der Waals surface area contributed by atoms with Crippen LogP contribution in [-0.4, -0.2) is 11.3 Å². The van der Waals surface area contributed by atoms with Gasteiger partial charge >= 0.3 is 6.18 Å². The quantitative estimate of drug-likeness (QED) is 0.876. The van der Waals surface area contributed by atoms with Crippen molar-refractivity contribution in [3.8, 4) is 6.07 Å². The topological polar surface area (TPSA) is 44.0 Å². The summed E-state index contributed by atoms with van der Waals surface area (Å²) >= 11 is 1.39. The maximum atomic E-state index is 12.8. The van der Waals surface area contributed by atoms with Crippen LogP contribution in [0.3, 0.4) is 0 Å². The lowest BCUT2D eigenvalue weighted by Crippen LogP contribution is -2.39. The summed E-state index contributed by atoms with van der Waals surface area (Å²) in [5.41, 5.74) is -1.60. The smallest absolute Gasteiger partial charge is 0.376 e. The molecular weight excluding hydrogens is 323 g/mol. The molecule has 0 fully saturated rings. The van der Waals surface area contributed by atoms with Crippen LogP contribution in [-0.2, 0) is 5.60 Å². The van der Waals surface area contributed by atoms with Crippen molar-refractivity contribution in [1.82, 2.24) is 0 Å².